The molecule has 50 heavy (non-hydrogen) atoms. The molecule has 4 aromatic rings. The van der Waals surface area contributed by atoms with Crippen molar-refractivity contribution >= 4 is 23.6 Å². The first-order valence-corrected chi connectivity index (χ1v) is 17.7. The van der Waals surface area contributed by atoms with Crippen LogP contribution in [0.25, 0.3) is 11.1 Å². The summed E-state index contributed by atoms with van der Waals surface area (Å²) < 4.78 is 33.0. The zero-order valence-corrected chi connectivity index (χ0v) is 29.7. The van der Waals surface area contributed by atoms with Gasteiger partial charge in [0.2, 0.25) is 11.8 Å². The topological polar surface area (TPSA) is 96.8 Å². The molecule has 1 heterocycles. The molecule has 266 valence electrons. The van der Waals surface area contributed by atoms with Gasteiger partial charge in [0.25, 0.3) is 5.56 Å². The van der Waals surface area contributed by atoms with Crippen LogP contribution in [0.1, 0.15) is 36.1 Å². The fraction of sp³-hybridized carbons (Fsp3) is 0.368. The molecule has 0 radical (unpaired) electrons. The SMILES string of the molecule is CCN(CC)CCN(Cc1ccc(-c2ccc(CF)cc2)cc1)C(=O)Cn1cc(CCNC(=O)COC)c(=O)nc1SCc1ccc(F)cc1. The molecule has 0 aliphatic rings. The summed E-state index contributed by atoms with van der Waals surface area (Å²) in [6, 6.07) is 21.4. The summed E-state index contributed by atoms with van der Waals surface area (Å²) in [5.74, 6) is -0.361. The Bertz CT molecular complexity index is 1730. The monoisotopic (exact) mass is 705 g/mol. The number of hydrogen-bond donors (Lipinski definition) is 1. The number of hydrogen-bond acceptors (Lipinski definition) is 7. The molecule has 0 unspecified atom stereocenters. The van der Waals surface area contributed by atoms with Gasteiger partial charge in [0.1, 0.15) is 25.6 Å². The standard InChI is InChI=1S/C38H45F2N5O4S/c1-4-43(5-2)20-21-44(23-29-8-14-32(15-9-29)31-12-6-28(22-39)7-13-31)36(47)25-45-24-33(18-19-41-35(46)26-49-3)37(48)42-38(45)50-27-30-10-16-34(40)17-11-30/h6-17,24H,4-5,18-23,25-27H2,1-3H3,(H,41,46). The second-order valence-corrected chi connectivity index (χ2v) is 12.7. The van der Waals surface area contributed by atoms with E-state index in [0.717, 1.165) is 35.3 Å². The molecule has 12 heteroatoms. The summed E-state index contributed by atoms with van der Waals surface area (Å²) >= 11 is 1.29. The zero-order chi connectivity index (χ0) is 35.9. The van der Waals surface area contributed by atoms with Crippen molar-refractivity contribution in [3.8, 4) is 11.1 Å². The highest BCUT2D eigenvalue weighted by atomic mass is 32.2. The van der Waals surface area contributed by atoms with E-state index in [9.17, 15) is 23.2 Å². The van der Waals surface area contributed by atoms with E-state index in [4.69, 9.17) is 4.74 Å². The molecule has 0 saturated carbocycles. The summed E-state index contributed by atoms with van der Waals surface area (Å²) in [5, 5.41) is 3.09. The molecule has 3 aromatic carbocycles. The van der Waals surface area contributed by atoms with Crippen LogP contribution < -0.4 is 10.9 Å². The molecule has 0 aliphatic heterocycles. The van der Waals surface area contributed by atoms with Gasteiger partial charge in [-0.15, -0.1) is 0 Å². The van der Waals surface area contributed by atoms with E-state index >= 15 is 0 Å². The third-order valence-corrected chi connectivity index (χ3v) is 9.37. The van der Waals surface area contributed by atoms with Gasteiger partial charge in [-0.3, -0.25) is 14.4 Å². The van der Waals surface area contributed by atoms with Crippen molar-refractivity contribution in [1.82, 2.24) is 24.7 Å². The summed E-state index contributed by atoms with van der Waals surface area (Å²) in [6.45, 7) is 7.01. The predicted molar refractivity (Wildman–Crippen MR) is 193 cm³/mol. The Morgan fingerprint density at radius 1 is 0.900 bits per heavy atom. The molecule has 4 rings (SSSR count). The first-order valence-electron chi connectivity index (χ1n) is 16.7. The lowest BCUT2D eigenvalue weighted by molar-refractivity contribution is -0.133. The first-order chi connectivity index (χ1) is 24.2. The Morgan fingerprint density at radius 2 is 1.52 bits per heavy atom. The van der Waals surface area contributed by atoms with Crippen LogP contribution in [0.4, 0.5) is 8.78 Å². The fourth-order valence-corrected chi connectivity index (χ4v) is 6.24. The average Bonchev–Trinajstić information content (AvgIpc) is 3.13. The van der Waals surface area contributed by atoms with E-state index in [1.165, 1.54) is 31.0 Å². The van der Waals surface area contributed by atoms with Crippen molar-refractivity contribution < 1.29 is 23.1 Å². The van der Waals surface area contributed by atoms with E-state index < -0.39 is 12.2 Å². The number of likely N-dealkylation sites (N-methyl/N-ethyl adjacent to an activating group) is 1. The van der Waals surface area contributed by atoms with Crippen LogP contribution in [0.5, 0.6) is 0 Å². The Kier molecular flexibility index (Phi) is 15.1. The number of halogens is 2. The number of ether oxygens (including phenoxy) is 1. The maximum Gasteiger partial charge on any atom is 0.276 e. The lowest BCUT2D eigenvalue weighted by Crippen LogP contribution is -2.40. The van der Waals surface area contributed by atoms with Gasteiger partial charge in [-0.1, -0.05) is 86.3 Å². The maximum atomic E-state index is 14.1. The van der Waals surface area contributed by atoms with Crippen LogP contribution in [-0.4, -0.2) is 77.6 Å². The summed E-state index contributed by atoms with van der Waals surface area (Å²) in [4.78, 5) is 47.5. The number of alkyl halides is 1. The van der Waals surface area contributed by atoms with Crippen LogP contribution in [-0.2, 0) is 46.3 Å². The summed E-state index contributed by atoms with van der Waals surface area (Å²) in [5.41, 5.74) is 4.33. The number of nitrogens with zero attached hydrogens (tertiary/aromatic N) is 4. The number of nitrogens with one attached hydrogen (secondary N) is 1. The van der Waals surface area contributed by atoms with Crippen molar-refractivity contribution in [1.29, 1.82) is 0 Å². The average molecular weight is 706 g/mol. The minimum Gasteiger partial charge on any atom is -0.375 e. The highest BCUT2D eigenvalue weighted by Crippen LogP contribution is 2.23. The third-order valence-electron chi connectivity index (χ3n) is 8.31. The summed E-state index contributed by atoms with van der Waals surface area (Å²) in [6.07, 6.45) is 1.88. The third kappa shape index (κ3) is 11.6. The van der Waals surface area contributed by atoms with Crippen LogP contribution in [0.15, 0.2) is 88.9 Å². The number of carbonyl (C=O) groups excluding carboxylic acids is 2. The van der Waals surface area contributed by atoms with Crippen molar-refractivity contribution in [2.24, 2.45) is 0 Å². The number of methoxy groups -OCH3 is 1. The smallest absolute Gasteiger partial charge is 0.276 e. The number of thioether (sulfide) groups is 1. The Labute approximate surface area is 296 Å². The van der Waals surface area contributed by atoms with Crippen LogP contribution >= 0.6 is 11.8 Å². The van der Waals surface area contributed by atoms with E-state index in [0.29, 0.717) is 41.7 Å². The van der Waals surface area contributed by atoms with Crippen molar-refractivity contribution in [2.45, 2.75) is 50.9 Å². The van der Waals surface area contributed by atoms with Gasteiger partial charge in [0.05, 0.1) is 0 Å². The molecule has 0 spiro atoms. The van der Waals surface area contributed by atoms with Crippen molar-refractivity contribution in [3.05, 3.63) is 117 Å². The highest BCUT2D eigenvalue weighted by molar-refractivity contribution is 7.98. The van der Waals surface area contributed by atoms with E-state index in [1.54, 1.807) is 35.0 Å². The molecular formula is C38H45F2N5O4S. The molecule has 2 amide bonds. The Morgan fingerprint density at radius 3 is 2.12 bits per heavy atom. The summed E-state index contributed by atoms with van der Waals surface area (Å²) in [7, 11) is 1.43. The fourth-order valence-electron chi connectivity index (χ4n) is 5.32. The van der Waals surface area contributed by atoms with E-state index in [2.05, 4.69) is 29.0 Å². The molecule has 0 saturated heterocycles. The van der Waals surface area contributed by atoms with Gasteiger partial charge in [0, 0.05) is 50.8 Å². The first kappa shape index (κ1) is 38.4. The molecule has 0 aliphatic carbocycles. The largest absolute Gasteiger partial charge is 0.375 e. The lowest BCUT2D eigenvalue weighted by atomic mass is 10.0. The van der Waals surface area contributed by atoms with Gasteiger partial charge in [-0.25, -0.2) is 8.78 Å². The van der Waals surface area contributed by atoms with Crippen LogP contribution in [0.3, 0.4) is 0 Å². The molecule has 0 atom stereocenters. The second kappa shape index (κ2) is 19.7. The number of rotatable bonds is 19. The quantitative estimate of drug-likeness (QED) is 0.102. The number of benzene rings is 3. The lowest BCUT2D eigenvalue weighted by Gasteiger charge is -2.27. The van der Waals surface area contributed by atoms with Crippen molar-refractivity contribution in [2.75, 3.05) is 46.4 Å². The highest BCUT2D eigenvalue weighted by Gasteiger charge is 2.19. The zero-order valence-electron chi connectivity index (χ0n) is 28.9. The molecular weight excluding hydrogens is 661 g/mol. The molecule has 1 aromatic heterocycles. The molecule has 1 N–H and O–H groups in total. The van der Waals surface area contributed by atoms with Gasteiger partial charge in [0.15, 0.2) is 5.16 Å². The van der Waals surface area contributed by atoms with Gasteiger partial charge in [-0.05, 0) is 59.5 Å². The number of amides is 2. The molecule has 0 fully saturated rings. The van der Waals surface area contributed by atoms with Crippen LogP contribution in [0.2, 0.25) is 0 Å². The van der Waals surface area contributed by atoms with E-state index in [-0.39, 0.29) is 43.7 Å². The van der Waals surface area contributed by atoms with Crippen LogP contribution in [0, 0.1) is 5.82 Å². The predicted octanol–water partition coefficient (Wildman–Crippen LogP) is 5.49. The molecule has 9 nitrogen and oxygen atoms in total. The minimum atomic E-state index is -0.505. The molecule has 0 bridgehead atoms. The number of aromatic nitrogens is 2. The van der Waals surface area contributed by atoms with Crippen molar-refractivity contribution in [3.63, 3.8) is 0 Å². The minimum absolute atomic E-state index is 0.0562. The van der Waals surface area contributed by atoms with Gasteiger partial charge >= 0.3 is 0 Å². The van der Waals surface area contributed by atoms with E-state index in [1.807, 2.05) is 41.3 Å². The maximum absolute atomic E-state index is 14.1. The van der Waals surface area contributed by atoms with Gasteiger partial charge < -0.3 is 24.4 Å². The Hall–Kier alpha value is -4.39. The number of carbonyl (C=O) groups is 2. The van der Waals surface area contributed by atoms with Gasteiger partial charge in [-0.2, -0.15) is 4.98 Å². The second-order valence-electron chi connectivity index (χ2n) is 11.8. The normalized spacial score (nSPS) is 11.2. The Balaban J connectivity index is 1.57.